The first-order valence-electron chi connectivity index (χ1n) is 12.1. The van der Waals surface area contributed by atoms with Crippen LogP contribution in [0.4, 0.5) is 8.78 Å². The Labute approximate surface area is 216 Å². The van der Waals surface area contributed by atoms with Crippen LogP contribution < -0.4 is 24.8 Å². The Bertz CT molecular complexity index is 1360. The summed E-state index contributed by atoms with van der Waals surface area (Å²) in [5, 5.41) is 14.9. The van der Waals surface area contributed by atoms with E-state index in [0.717, 1.165) is 18.3 Å². The topological polar surface area (TPSA) is 119 Å². The number of halogens is 2. The lowest BCUT2D eigenvalue weighted by Gasteiger charge is -2.28. The third kappa shape index (κ3) is 5.77. The van der Waals surface area contributed by atoms with E-state index in [1.807, 2.05) is 0 Å². The molecule has 0 saturated heterocycles. The first-order chi connectivity index (χ1) is 18.4. The molecule has 1 aliphatic carbocycles. The van der Waals surface area contributed by atoms with Crippen molar-refractivity contribution >= 4 is 11.8 Å². The second-order valence-electron chi connectivity index (χ2n) is 9.14. The fraction of sp³-hybridized carbons (Fsp3) is 0.296. The molecular formula is C27H25F2N3O6. The summed E-state index contributed by atoms with van der Waals surface area (Å²) in [5.41, 5.74) is 0.220. The number of amides is 2. The van der Waals surface area contributed by atoms with Gasteiger partial charge >= 0.3 is 0 Å². The van der Waals surface area contributed by atoms with Crippen molar-refractivity contribution in [3.8, 4) is 28.9 Å². The number of nitrogens with zero attached hydrogens (tertiary/aromatic N) is 1. The van der Waals surface area contributed by atoms with Gasteiger partial charge in [-0.05, 0) is 49.9 Å². The van der Waals surface area contributed by atoms with Gasteiger partial charge in [0.05, 0.1) is 6.20 Å². The van der Waals surface area contributed by atoms with Crippen LogP contribution in [0.1, 0.15) is 41.6 Å². The molecule has 0 spiro atoms. The molecule has 11 heteroatoms. The lowest BCUT2D eigenvalue weighted by atomic mass is 9.85. The Morgan fingerprint density at radius 2 is 1.82 bits per heavy atom. The van der Waals surface area contributed by atoms with Crippen LogP contribution in [-0.4, -0.2) is 34.7 Å². The van der Waals surface area contributed by atoms with Gasteiger partial charge in [0.1, 0.15) is 28.7 Å². The van der Waals surface area contributed by atoms with E-state index in [0.29, 0.717) is 42.9 Å². The van der Waals surface area contributed by atoms with Crippen molar-refractivity contribution < 1.29 is 37.7 Å². The number of carbonyl (C=O) groups is 2. The quantitative estimate of drug-likeness (QED) is 0.423. The molecule has 0 atom stereocenters. The Hall–Kier alpha value is -4.41. The molecule has 38 heavy (non-hydrogen) atoms. The standard InChI is InChI=1S/C27H25F2N3O6/c28-17-9-21(27(31-13-17)38-20-7-8-23-24(11-20)37-14-36-23)26(35)32-18-4-1-15(2-5-18)25(34)30-12-16-3-6-19(33)10-22(16)29/h3,6-11,13,15,18,33H,1-2,4-5,12,14H2,(H,30,34)(H,32,35). The van der Waals surface area contributed by atoms with E-state index in [4.69, 9.17) is 14.2 Å². The zero-order chi connectivity index (χ0) is 26.6. The number of benzene rings is 2. The van der Waals surface area contributed by atoms with Gasteiger partial charge in [-0.2, -0.15) is 0 Å². The number of ether oxygens (including phenoxy) is 3. The highest BCUT2D eigenvalue weighted by Gasteiger charge is 2.28. The molecule has 3 N–H and O–H groups in total. The second kappa shape index (κ2) is 10.9. The maximum absolute atomic E-state index is 14.0. The summed E-state index contributed by atoms with van der Waals surface area (Å²) in [6.07, 6.45) is 3.09. The number of aromatic nitrogens is 1. The molecule has 1 aromatic heterocycles. The predicted octanol–water partition coefficient (Wildman–Crippen LogP) is 4.19. The highest BCUT2D eigenvalue weighted by molar-refractivity contribution is 5.96. The van der Waals surface area contributed by atoms with Gasteiger partial charge in [0.2, 0.25) is 18.6 Å². The highest BCUT2D eigenvalue weighted by Crippen LogP contribution is 2.37. The number of nitrogens with one attached hydrogen (secondary N) is 2. The van der Waals surface area contributed by atoms with E-state index in [1.165, 1.54) is 12.1 Å². The van der Waals surface area contributed by atoms with E-state index < -0.39 is 17.5 Å². The largest absolute Gasteiger partial charge is 0.508 e. The Balaban J connectivity index is 1.16. The fourth-order valence-corrected chi connectivity index (χ4v) is 4.49. The van der Waals surface area contributed by atoms with Crippen LogP contribution in [-0.2, 0) is 11.3 Å². The van der Waals surface area contributed by atoms with Gasteiger partial charge in [-0.25, -0.2) is 13.8 Å². The molecule has 5 rings (SSSR count). The van der Waals surface area contributed by atoms with Crippen LogP contribution >= 0.6 is 0 Å². The number of rotatable bonds is 7. The van der Waals surface area contributed by atoms with E-state index in [1.54, 1.807) is 18.2 Å². The summed E-state index contributed by atoms with van der Waals surface area (Å²) < 4.78 is 44.2. The summed E-state index contributed by atoms with van der Waals surface area (Å²) in [6.45, 7) is 0.114. The zero-order valence-corrected chi connectivity index (χ0v) is 20.2. The van der Waals surface area contributed by atoms with Gasteiger partial charge in [-0.3, -0.25) is 9.59 Å². The van der Waals surface area contributed by atoms with E-state index in [-0.39, 0.29) is 54.0 Å². The molecule has 1 fully saturated rings. The molecule has 9 nitrogen and oxygen atoms in total. The number of carbonyl (C=O) groups excluding carboxylic acids is 2. The molecule has 2 heterocycles. The van der Waals surface area contributed by atoms with Crippen LogP contribution in [0.5, 0.6) is 28.9 Å². The number of phenols is 1. The molecule has 198 valence electrons. The second-order valence-corrected chi connectivity index (χ2v) is 9.14. The number of hydrogen-bond acceptors (Lipinski definition) is 7. The summed E-state index contributed by atoms with van der Waals surface area (Å²) in [5.74, 6) is -1.12. The molecule has 2 aliphatic rings. The average Bonchev–Trinajstić information content (AvgIpc) is 3.37. The van der Waals surface area contributed by atoms with Crippen LogP contribution in [0.2, 0.25) is 0 Å². The molecule has 3 aromatic rings. The summed E-state index contributed by atoms with van der Waals surface area (Å²) in [4.78, 5) is 29.5. The van der Waals surface area contributed by atoms with Gasteiger partial charge < -0.3 is 30.0 Å². The maximum atomic E-state index is 14.0. The molecular weight excluding hydrogens is 500 g/mol. The molecule has 1 saturated carbocycles. The Morgan fingerprint density at radius 3 is 2.61 bits per heavy atom. The molecule has 0 unspecified atom stereocenters. The van der Waals surface area contributed by atoms with Crippen molar-refractivity contribution in [3.05, 3.63) is 71.4 Å². The molecule has 0 radical (unpaired) electrons. The number of aromatic hydroxyl groups is 1. The van der Waals surface area contributed by atoms with Crippen LogP contribution in [0, 0.1) is 17.6 Å². The molecule has 0 bridgehead atoms. The first kappa shape index (κ1) is 25.2. The van der Waals surface area contributed by atoms with Gasteiger partial charge in [0, 0.05) is 36.2 Å². The van der Waals surface area contributed by atoms with Gasteiger partial charge in [-0.1, -0.05) is 6.07 Å². The third-order valence-electron chi connectivity index (χ3n) is 6.54. The minimum atomic E-state index is -0.682. The monoisotopic (exact) mass is 525 g/mol. The first-order valence-corrected chi connectivity index (χ1v) is 12.1. The number of phenolic OH excluding ortho intramolecular Hbond substituents is 1. The summed E-state index contributed by atoms with van der Waals surface area (Å²) in [7, 11) is 0. The van der Waals surface area contributed by atoms with E-state index >= 15 is 0 Å². The Kier molecular flexibility index (Phi) is 7.25. The van der Waals surface area contributed by atoms with Crippen molar-refractivity contribution in [1.29, 1.82) is 0 Å². The van der Waals surface area contributed by atoms with Gasteiger partial charge in [0.25, 0.3) is 5.91 Å². The van der Waals surface area contributed by atoms with Crippen LogP contribution in [0.25, 0.3) is 0 Å². The summed E-state index contributed by atoms with van der Waals surface area (Å²) in [6, 6.07) is 9.50. The van der Waals surface area contributed by atoms with Gasteiger partial charge in [-0.15, -0.1) is 0 Å². The van der Waals surface area contributed by atoms with Crippen LogP contribution in [0.3, 0.4) is 0 Å². The lowest BCUT2D eigenvalue weighted by molar-refractivity contribution is -0.126. The van der Waals surface area contributed by atoms with Crippen LogP contribution in [0.15, 0.2) is 48.7 Å². The number of hydrogen-bond donors (Lipinski definition) is 3. The summed E-state index contributed by atoms with van der Waals surface area (Å²) >= 11 is 0. The van der Waals surface area contributed by atoms with E-state index in [2.05, 4.69) is 15.6 Å². The van der Waals surface area contributed by atoms with Crippen molar-refractivity contribution in [1.82, 2.24) is 15.6 Å². The maximum Gasteiger partial charge on any atom is 0.257 e. The normalized spacial score (nSPS) is 18.1. The smallest absolute Gasteiger partial charge is 0.257 e. The number of fused-ring (bicyclic) bond motifs is 1. The fourth-order valence-electron chi connectivity index (χ4n) is 4.49. The molecule has 2 aromatic carbocycles. The van der Waals surface area contributed by atoms with Gasteiger partial charge in [0.15, 0.2) is 11.5 Å². The van der Waals surface area contributed by atoms with E-state index in [9.17, 15) is 23.5 Å². The minimum absolute atomic E-state index is 0.0142. The van der Waals surface area contributed by atoms with Crippen molar-refractivity contribution in [3.63, 3.8) is 0 Å². The Morgan fingerprint density at radius 1 is 1.03 bits per heavy atom. The third-order valence-corrected chi connectivity index (χ3v) is 6.54. The highest BCUT2D eigenvalue weighted by atomic mass is 19.1. The van der Waals surface area contributed by atoms with Crippen molar-refractivity contribution in [2.45, 2.75) is 38.3 Å². The number of pyridine rings is 1. The SMILES string of the molecule is O=C(NC1CCC(C(=O)NCc2ccc(O)cc2F)CC1)c1cc(F)cnc1Oc1ccc2c(c1)OCO2. The predicted molar refractivity (Wildman–Crippen MR) is 130 cm³/mol. The minimum Gasteiger partial charge on any atom is -0.508 e. The zero-order valence-electron chi connectivity index (χ0n) is 20.2. The lowest BCUT2D eigenvalue weighted by Crippen LogP contribution is -2.41. The van der Waals surface area contributed by atoms with Crippen molar-refractivity contribution in [2.75, 3.05) is 6.79 Å². The molecule has 1 aliphatic heterocycles. The van der Waals surface area contributed by atoms with Crippen molar-refractivity contribution in [2.24, 2.45) is 5.92 Å². The average molecular weight is 526 g/mol. The molecule has 2 amide bonds.